The molecule has 0 spiro atoms. The van der Waals surface area contributed by atoms with Crippen LogP contribution >= 0.6 is 0 Å². The molecular weight excluding hydrogens is 228 g/mol. The monoisotopic (exact) mass is 248 g/mol. The van der Waals surface area contributed by atoms with Crippen LogP contribution in [0.5, 0.6) is 0 Å². The van der Waals surface area contributed by atoms with Crippen molar-refractivity contribution in [1.82, 2.24) is 9.88 Å². The maximum Gasteiger partial charge on any atom is 0.308 e. The summed E-state index contributed by atoms with van der Waals surface area (Å²) in [6.45, 7) is 3.01. The van der Waals surface area contributed by atoms with Crippen molar-refractivity contribution in [3.05, 3.63) is 30.1 Å². The van der Waals surface area contributed by atoms with E-state index in [1.54, 1.807) is 6.20 Å². The lowest BCUT2D eigenvalue weighted by Gasteiger charge is -2.30. The van der Waals surface area contributed by atoms with Gasteiger partial charge in [-0.25, -0.2) is 0 Å². The Bertz CT molecular complexity index is 373. The second-order valence-electron chi connectivity index (χ2n) is 4.75. The molecule has 18 heavy (non-hydrogen) atoms. The lowest BCUT2D eigenvalue weighted by molar-refractivity contribution is -0.147. The van der Waals surface area contributed by atoms with E-state index in [4.69, 9.17) is 4.74 Å². The Morgan fingerprint density at radius 1 is 1.50 bits per heavy atom. The van der Waals surface area contributed by atoms with Crippen molar-refractivity contribution in [3.8, 4) is 0 Å². The Morgan fingerprint density at radius 3 is 2.89 bits per heavy atom. The number of piperidine rings is 1. The first kappa shape index (κ1) is 13.0. The number of hydrogen-bond donors (Lipinski definition) is 0. The highest BCUT2D eigenvalue weighted by molar-refractivity contribution is 5.72. The van der Waals surface area contributed by atoms with Crippen molar-refractivity contribution in [1.29, 1.82) is 0 Å². The van der Waals surface area contributed by atoms with Gasteiger partial charge >= 0.3 is 5.97 Å². The second-order valence-corrected chi connectivity index (χ2v) is 4.75. The van der Waals surface area contributed by atoms with E-state index in [2.05, 4.69) is 16.0 Å². The van der Waals surface area contributed by atoms with Crippen molar-refractivity contribution in [3.63, 3.8) is 0 Å². The van der Waals surface area contributed by atoms with Crippen LogP contribution in [-0.2, 0) is 16.0 Å². The molecule has 4 heteroatoms. The van der Waals surface area contributed by atoms with Crippen LogP contribution in [0.2, 0.25) is 0 Å². The third-order valence-corrected chi connectivity index (χ3v) is 3.56. The predicted molar refractivity (Wildman–Crippen MR) is 69.1 cm³/mol. The summed E-state index contributed by atoms with van der Waals surface area (Å²) >= 11 is 0. The highest BCUT2D eigenvalue weighted by atomic mass is 16.5. The van der Waals surface area contributed by atoms with Gasteiger partial charge in [-0.15, -0.1) is 0 Å². The van der Waals surface area contributed by atoms with Crippen LogP contribution in [0.15, 0.2) is 24.5 Å². The van der Waals surface area contributed by atoms with Crippen LogP contribution in [-0.4, -0.2) is 42.6 Å². The molecule has 2 rings (SSSR count). The summed E-state index contributed by atoms with van der Waals surface area (Å²) in [6.07, 6.45) is 6.57. The van der Waals surface area contributed by atoms with E-state index in [0.717, 1.165) is 38.9 Å². The van der Waals surface area contributed by atoms with Gasteiger partial charge in [0, 0.05) is 18.9 Å². The molecule has 0 atom stereocenters. The Balaban J connectivity index is 1.72. The molecule has 0 aliphatic carbocycles. The zero-order valence-electron chi connectivity index (χ0n) is 10.8. The van der Waals surface area contributed by atoms with Gasteiger partial charge < -0.3 is 9.64 Å². The third kappa shape index (κ3) is 3.53. The van der Waals surface area contributed by atoms with E-state index < -0.39 is 0 Å². The van der Waals surface area contributed by atoms with Gasteiger partial charge in [-0.2, -0.15) is 0 Å². The van der Waals surface area contributed by atoms with E-state index in [1.807, 2.05) is 12.3 Å². The first-order chi connectivity index (χ1) is 8.79. The van der Waals surface area contributed by atoms with Crippen LogP contribution in [0.1, 0.15) is 18.4 Å². The summed E-state index contributed by atoms with van der Waals surface area (Å²) in [5.41, 5.74) is 1.27. The number of nitrogens with zero attached hydrogens (tertiary/aromatic N) is 2. The average molecular weight is 248 g/mol. The maximum atomic E-state index is 11.4. The topological polar surface area (TPSA) is 42.4 Å². The zero-order chi connectivity index (χ0) is 12.8. The van der Waals surface area contributed by atoms with E-state index in [0.29, 0.717) is 0 Å². The molecule has 0 radical (unpaired) electrons. The third-order valence-electron chi connectivity index (χ3n) is 3.56. The fraction of sp³-hybridized carbons (Fsp3) is 0.571. The molecular formula is C14H20N2O2. The van der Waals surface area contributed by atoms with Crippen LogP contribution in [0.4, 0.5) is 0 Å². The quantitative estimate of drug-likeness (QED) is 0.757. The molecule has 0 amide bonds. The Hall–Kier alpha value is -1.42. The van der Waals surface area contributed by atoms with Crippen molar-refractivity contribution < 1.29 is 9.53 Å². The Kier molecular flexibility index (Phi) is 4.70. The highest BCUT2D eigenvalue weighted by Crippen LogP contribution is 2.18. The number of carbonyl (C=O) groups is 1. The standard InChI is InChI=1S/C14H20N2O2/c1-18-14(17)13-5-9-16(10-6-13)8-4-12-3-2-7-15-11-12/h2-3,7,11,13H,4-6,8-10H2,1H3. The molecule has 0 saturated carbocycles. The lowest BCUT2D eigenvalue weighted by Crippen LogP contribution is -2.37. The number of rotatable bonds is 4. The summed E-state index contributed by atoms with van der Waals surface area (Å²) in [5.74, 6) is 0.0477. The molecule has 1 aliphatic rings. The molecule has 1 fully saturated rings. The normalized spacial score (nSPS) is 17.6. The minimum Gasteiger partial charge on any atom is -0.469 e. The lowest BCUT2D eigenvalue weighted by atomic mass is 9.97. The van der Waals surface area contributed by atoms with Crippen LogP contribution in [0.25, 0.3) is 0 Å². The molecule has 98 valence electrons. The molecule has 1 aromatic heterocycles. The van der Waals surface area contributed by atoms with Crippen LogP contribution in [0.3, 0.4) is 0 Å². The fourth-order valence-electron chi connectivity index (χ4n) is 2.39. The van der Waals surface area contributed by atoms with E-state index in [1.165, 1.54) is 12.7 Å². The number of carbonyl (C=O) groups excluding carboxylic acids is 1. The van der Waals surface area contributed by atoms with Gasteiger partial charge in [-0.3, -0.25) is 9.78 Å². The van der Waals surface area contributed by atoms with Gasteiger partial charge in [0.05, 0.1) is 13.0 Å². The zero-order valence-corrected chi connectivity index (χ0v) is 10.8. The Labute approximate surface area is 108 Å². The number of hydrogen-bond acceptors (Lipinski definition) is 4. The van der Waals surface area contributed by atoms with Gasteiger partial charge in [0.1, 0.15) is 0 Å². The molecule has 1 saturated heterocycles. The molecule has 1 aromatic rings. The maximum absolute atomic E-state index is 11.4. The first-order valence-corrected chi connectivity index (χ1v) is 6.48. The van der Waals surface area contributed by atoms with E-state index in [-0.39, 0.29) is 11.9 Å². The van der Waals surface area contributed by atoms with Crippen LogP contribution < -0.4 is 0 Å². The minimum absolute atomic E-state index is 0.0538. The molecule has 0 aromatic carbocycles. The number of ether oxygens (including phenoxy) is 1. The Morgan fingerprint density at radius 2 is 2.28 bits per heavy atom. The molecule has 4 nitrogen and oxygen atoms in total. The van der Waals surface area contributed by atoms with E-state index in [9.17, 15) is 4.79 Å². The SMILES string of the molecule is COC(=O)C1CCN(CCc2cccnc2)CC1. The molecule has 1 aliphatic heterocycles. The number of pyridine rings is 1. The molecule has 2 heterocycles. The second kappa shape index (κ2) is 6.50. The van der Waals surface area contributed by atoms with Crippen molar-refractivity contribution in [2.45, 2.75) is 19.3 Å². The number of esters is 1. The minimum atomic E-state index is -0.0538. The van der Waals surface area contributed by atoms with Crippen molar-refractivity contribution in [2.75, 3.05) is 26.7 Å². The first-order valence-electron chi connectivity index (χ1n) is 6.48. The van der Waals surface area contributed by atoms with Gasteiger partial charge in [0.15, 0.2) is 0 Å². The molecule has 0 N–H and O–H groups in total. The van der Waals surface area contributed by atoms with Crippen molar-refractivity contribution >= 4 is 5.97 Å². The molecule has 0 unspecified atom stereocenters. The van der Waals surface area contributed by atoms with Gasteiger partial charge in [-0.1, -0.05) is 6.07 Å². The summed E-state index contributed by atoms with van der Waals surface area (Å²) in [5, 5.41) is 0. The summed E-state index contributed by atoms with van der Waals surface area (Å²) in [4.78, 5) is 17.9. The van der Waals surface area contributed by atoms with Gasteiger partial charge in [0.25, 0.3) is 0 Å². The fourth-order valence-corrected chi connectivity index (χ4v) is 2.39. The predicted octanol–water partition coefficient (Wildman–Crippen LogP) is 1.51. The largest absolute Gasteiger partial charge is 0.469 e. The van der Waals surface area contributed by atoms with Gasteiger partial charge in [-0.05, 0) is 44.0 Å². The van der Waals surface area contributed by atoms with Crippen molar-refractivity contribution in [2.24, 2.45) is 5.92 Å². The number of likely N-dealkylation sites (tertiary alicyclic amines) is 1. The van der Waals surface area contributed by atoms with Crippen LogP contribution in [0, 0.1) is 5.92 Å². The average Bonchev–Trinajstić information content (AvgIpc) is 2.46. The summed E-state index contributed by atoms with van der Waals surface area (Å²) < 4.78 is 4.79. The summed E-state index contributed by atoms with van der Waals surface area (Å²) in [7, 11) is 1.47. The summed E-state index contributed by atoms with van der Waals surface area (Å²) in [6, 6.07) is 4.08. The van der Waals surface area contributed by atoms with Gasteiger partial charge in [0.2, 0.25) is 0 Å². The number of aromatic nitrogens is 1. The smallest absolute Gasteiger partial charge is 0.308 e. The number of methoxy groups -OCH3 is 1. The molecule has 0 bridgehead atoms. The highest BCUT2D eigenvalue weighted by Gasteiger charge is 2.25. The van der Waals surface area contributed by atoms with E-state index >= 15 is 0 Å².